The summed E-state index contributed by atoms with van der Waals surface area (Å²) in [5.74, 6) is -0.959. The molecule has 7 nitrogen and oxygen atoms in total. The van der Waals surface area contributed by atoms with Crippen LogP contribution in [-0.4, -0.2) is 36.2 Å². The molecule has 0 atom stereocenters. The fraction of sp³-hybridized carbons (Fsp3) is 0.148. The molecule has 0 heterocycles. The fourth-order valence-electron chi connectivity index (χ4n) is 3.33. The lowest BCUT2D eigenvalue weighted by molar-refractivity contribution is -0.117. The van der Waals surface area contributed by atoms with Crippen molar-refractivity contribution >= 4 is 52.4 Å². The van der Waals surface area contributed by atoms with Gasteiger partial charge >= 0.3 is 0 Å². The SMILES string of the molecule is CCN(CC)c1ccc(C=C(NC(=O)c2ccccc2)C(=O)N/N=C/c2cc(I)ccc2O)cc1. The summed E-state index contributed by atoms with van der Waals surface area (Å²) >= 11 is 2.12. The Bertz CT molecular complexity index is 1220. The van der Waals surface area contributed by atoms with Gasteiger partial charge in [0.15, 0.2) is 0 Å². The van der Waals surface area contributed by atoms with E-state index >= 15 is 0 Å². The summed E-state index contributed by atoms with van der Waals surface area (Å²) in [5.41, 5.74) is 5.18. The van der Waals surface area contributed by atoms with Crippen LogP contribution in [0.5, 0.6) is 5.75 Å². The normalized spacial score (nSPS) is 11.3. The molecule has 3 aromatic rings. The Balaban J connectivity index is 1.84. The number of nitrogens with zero attached hydrogens (tertiary/aromatic N) is 2. The third-order valence-corrected chi connectivity index (χ3v) is 5.89. The van der Waals surface area contributed by atoms with E-state index in [0.29, 0.717) is 11.1 Å². The molecule has 0 bridgehead atoms. The highest BCUT2D eigenvalue weighted by Gasteiger charge is 2.14. The standard InChI is InChI=1S/C27H27IN4O3/c1-3-32(4-2)23-13-10-19(11-14-23)16-24(30-26(34)20-8-6-5-7-9-20)27(35)31-29-18-21-17-22(28)12-15-25(21)33/h5-18,33H,3-4H2,1-2H3,(H,30,34)(H,31,35)/b24-16?,29-18+. The fourth-order valence-corrected chi connectivity index (χ4v) is 3.84. The number of hydrogen-bond acceptors (Lipinski definition) is 5. The van der Waals surface area contributed by atoms with Crippen molar-refractivity contribution in [3.8, 4) is 5.75 Å². The van der Waals surface area contributed by atoms with Crippen molar-refractivity contribution in [1.29, 1.82) is 0 Å². The quantitative estimate of drug-likeness (QED) is 0.147. The van der Waals surface area contributed by atoms with Gasteiger partial charge in [0.1, 0.15) is 11.4 Å². The maximum atomic E-state index is 12.9. The molecule has 0 aliphatic heterocycles. The largest absolute Gasteiger partial charge is 0.507 e. The molecule has 0 saturated heterocycles. The lowest BCUT2D eigenvalue weighted by atomic mass is 10.1. The summed E-state index contributed by atoms with van der Waals surface area (Å²) in [6.07, 6.45) is 2.95. The third-order valence-electron chi connectivity index (χ3n) is 5.22. The molecule has 3 N–H and O–H groups in total. The van der Waals surface area contributed by atoms with Crippen LogP contribution in [0.4, 0.5) is 5.69 Å². The molecule has 0 aliphatic rings. The molecule has 3 aromatic carbocycles. The Kier molecular flexibility index (Phi) is 9.42. The first-order valence-corrected chi connectivity index (χ1v) is 12.2. The molecule has 0 fully saturated rings. The smallest absolute Gasteiger partial charge is 0.287 e. The van der Waals surface area contributed by atoms with E-state index in [-0.39, 0.29) is 11.4 Å². The van der Waals surface area contributed by atoms with Gasteiger partial charge in [0.05, 0.1) is 6.21 Å². The van der Waals surface area contributed by atoms with Crippen LogP contribution < -0.4 is 15.6 Å². The molecule has 0 aliphatic carbocycles. The van der Waals surface area contributed by atoms with E-state index in [1.807, 2.05) is 30.3 Å². The molecule has 0 spiro atoms. The molecule has 0 radical (unpaired) electrons. The monoisotopic (exact) mass is 582 g/mol. The molecular weight excluding hydrogens is 555 g/mol. The number of nitrogens with one attached hydrogen (secondary N) is 2. The minimum absolute atomic E-state index is 0.0402. The van der Waals surface area contributed by atoms with E-state index in [4.69, 9.17) is 0 Å². The van der Waals surface area contributed by atoms with Gasteiger partial charge in [0.2, 0.25) is 0 Å². The summed E-state index contributed by atoms with van der Waals surface area (Å²) < 4.78 is 0.914. The van der Waals surface area contributed by atoms with Crippen molar-refractivity contribution in [3.05, 3.63) is 98.8 Å². The third kappa shape index (κ3) is 7.41. The van der Waals surface area contributed by atoms with Crippen LogP contribution >= 0.6 is 22.6 Å². The zero-order valence-corrected chi connectivity index (χ0v) is 21.7. The van der Waals surface area contributed by atoms with Gasteiger partial charge in [-0.3, -0.25) is 9.59 Å². The van der Waals surface area contributed by atoms with E-state index < -0.39 is 11.8 Å². The van der Waals surface area contributed by atoms with Gasteiger partial charge in [-0.05, 0) is 90.5 Å². The van der Waals surface area contributed by atoms with E-state index in [1.165, 1.54) is 6.21 Å². The van der Waals surface area contributed by atoms with E-state index in [2.05, 4.69) is 57.2 Å². The van der Waals surface area contributed by atoms with Gasteiger partial charge in [-0.1, -0.05) is 30.3 Å². The van der Waals surface area contributed by atoms with Crippen LogP contribution in [-0.2, 0) is 4.79 Å². The first-order valence-electron chi connectivity index (χ1n) is 11.2. The second-order valence-corrected chi connectivity index (χ2v) is 8.79. The maximum Gasteiger partial charge on any atom is 0.287 e. The second-order valence-electron chi connectivity index (χ2n) is 7.54. The minimum atomic E-state index is -0.594. The lowest BCUT2D eigenvalue weighted by Gasteiger charge is -2.20. The lowest BCUT2D eigenvalue weighted by Crippen LogP contribution is -2.32. The number of carbonyl (C=O) groups excluding carboxylic acids is 2. The van der Waals surface area contributed by atoms with E-state index in [0.717, 1.165) is 27.9 Å². The Morgan fingerprint density at radius 1 is 1.00 bits per heavy atom. The van der Waals surface area contributed by atoms with Gasteiger partial charge in [-0.25, -0.2) is 5.43 Å². The van der Waals surface area contributed by atoms with Gasteiger partial charge < -0.3 is 15.3 Å². The number of phenolic OH excluding ortho intramolecular Hbond substituents is 1. The predicted molar refractivity (Wildman–Crippen MR) is 148 cm³/mol. The van der Waals surface area contributed by atoms with Gasteiger partial charge in [0.25, 0.3) is 11.8 Å². The molecule has 0 saturated carbocycles. The number of hydrogen-bond donors (Lipinski definition) is 3. The second kappa shape index (κ2) is 12.7. The Hall–Kier alpha value is -3.66. The van der Waals surface area contributed by atoms with Gasteiger partial charge in [0, 0.05) is 33.5 Å². The predicted octanol–water partition coefficient (Wildman–Crippen LogP) is 4.76. The molecule has 35 heavy (non-hydrogen) atoms. The van der Waals surface area contributed by atoms with Crippen LogP contribution in [0, 0.1) is 3.57 Å². The topological polar surface area (TPSA) is 94.0 Å². The van der Waals surface area contributed by atoms with Crippen molar-refractivity contribution in [2.75, 3.05) is 18.0 Å². The minimum Gasteiger partial charge on any atom is -0.507 e. The Labute approximate surface area is 218 Å². The first-order chi connectivity index (χ1) is 16.9. The highest BCUT2D eigenvalue weighted by molar-refractivity contribution is 14.1. The number of phenols is 1. The Morgan fingerprint density at radius 2 is 1.69 bits per heavy atom. The van der Waals surface area contributed by atoms with Gasteiger partial charge in [-0.15, -0.1) is 0 Å². The van der Waals surface area contributed by atoms with Crippen LogP contribution in [0.1, 0.15) is 35.3 Å². The molecule has 0 aromatic heterocycles. The van der Waals surface area contributed by atoms with Crippen LogP contribution in [0.3, 0.4) is 0 Å². The van der Waals surface area contributed by atoms with Crippen LogP contribution in [0.25, 0.3) is 6.08 Å². The maximum absolute atomic E-state index is 12.9. The Morgan fingerprint density at radius 3 is 2.34 bits per heavy atom. The van der Waals surface area contributed by atoms with Gasteiger partial charge in [-0.2, -0.15) is 5.10 Å². The number of anilines is 1. The van der Waals surface area contributed by atoms with Crippen molar-refractivity contribution < 1.29 is 14.7 Å². The molecule has 0 unspecified atom stereocenters. The summed E-state index contributed by atoms with van der Waals surface area (Å²) in [6.45, 7) is 5.96. The number of aromatic hydroxyl groups is 1. The zero-order valence-electron chi connectivity index (χ0n) is 19.5. The van der Waals surface area contributed by atoms with E-state index in [9.17, 15) is 14.7 Å². The molecule has 3 rings (SSSR count). The number of benzene rings is 3. The van der Waals surface area contributed by atoms with Crippen molar-refractivity contribution in [3.63, 3.8) is 0 Å². The average Bonchev–Trinajstić information content (AvgIpc) is 2.87. The highest BCUT2D eigenvalue weighted by atomic mass is 127. The van der Waals surface area contributed by atoms with Crippen LogP contribution in [0.2, 0.25) is 0 Å². The number of hydrazone groups is 1. The highest BCUT2D eigenvalue weighted by Crippen LogP contribution is 2.18. The number of carbonyl (C=O) groups is 2. The zero-order chi connectivity index (χ0) is 25.2. The molecular formula is C27H27IN4O3. The molecule has 2 amide bonds. The summed E-state index contributed by atoms with van der Waals surface area (Å²) in [7, 11) is 0. The summed E-state index contributed by atoms with van der Waals surface area (Å²) in [4.78, 5) is 27.9. The first kappa shape index (κ1) is 26.0. The van der Waals surface area contributed by atoms with Crippen molar-refractivity contribution in [1.82, 2.24) is 10.7 Å². The van der Waals surface area contributed by atoms with Crippen LogP contribution in [0.15, 0.2) is 83.6 Å². The summed E-state index contributed by atoms with van der Waals surface area (Å²) in [5, 5.41) is 16.6. The van der Waals surface area contributed by atoms with E-state index in [1.54, 1.807) is 48.5 Å². The van der Waals surface area contributed by atoms with Crippen molar-refractivity contribution in [2.45, 2.75) is 13.8 Å². The molecule has 180 valence electrons. The molecule has 8 heteroatoms. The number of amides is 2. The summed E-state index contributed by atoms with van der Waals surface area (Å²) in [6, 6.07) is 21.4. The average molecular weight is 582 g/mol. The van der Waals surface area contributed by atoms with Crippen molar-refractivity contribution in [2.24, 2.45) is 5.10 Å². The number of halogens is 1. The number of rotatable bonds is 9.